The Hall–Kier alpha value is -1.12. The predicted molar refractivity (Wildman–Crippen MR) is 66.2 cm³/mol. The number of rotatable bonds is 3. The number of amides is 2. The van der Waals surface area contributed by atoms with E-state index in [9.17, 15) is 9.59 Å². The smallest absolute Gasteiger partial charge is 0.256 e. The second kappa shape index (κ2) is 5.03. The lowest BCUT2D eigenvalue weighted by Gasteiger charge is -2.27. The van der Waals surface area contributed by atoms with E-state index in [0.717, 1.165) is 12.3 Å². The fourth-order valence-corrected chi connectivity index (χ4v) is 2.78. The molecule has 2 rings (SSSR count). The molecule has 0 atom stereocenters. The van der Waals surface area contributed by atoms with Crippen molar-refractivity contribution in [2.75, 3.05) is 6.54 Å². The summed E-state index contributed by atoms with van der Waals surface area (Å²) in [5, 5.41) is 0. The molecule has 2 aliphatic rings. The first kappa shape index (κ1) is 12.3. The molecule has 1 aliphatic carbocycles. The third-order valence-electron chi connectivity index (χ3n) is 4.08. The van der Waals surface area contributed by atoms with Gasteiger partial charge < -0.3 is 0 Å². The summed E-state index contributed by atoms with van der Waals surface area (Å²) in [4.78, 5) is 24.6. The molecule has 3 heteroatoms. The van der Waals surface area contributed by atoms with Crippen molar-refractivity contribution in [3.05, 3.63) is 11.6 Å². The van der Waals surface area contributed by atoms with Crippen LogP contribution in [-0.2, 0) is 9.59 Å². The molecule has 0 saturated heterocycles. The van der Waals surface area contributed by atoms with Crippen molar-refractivity contribution in [2.24, 2.45) is 11.8 Å². The summed E-state index contributed by atoms with van der Waals surface area (Å²) in [5.41, 5.74) is 0.576. The summed E-state index contributed by atoms with van der Waals surface area (Å²) in [6.45, 7) is 4.62. The second-order valence-corrected chi connectivity index (χ2v) is 5.54. The highest BCUT2D eigenvalue weighted by molar-refractivity contribution is 6.15. The minimum atomic E-state index is -0.128. The average molecular weight is 235 g/mol. The summed E-state index contributed by atoms with van der Waals surface area (Å²) >= 11 is 0. The molecule has 1 fully saturated rings. The van der Waals surface area contributed by atoms with Gasteiger partial charge in [-0.3, -0.25) is 14.5 Å². The van der Waals surface area contributed by atoms with Crippen LogP contribution in [0.5, 0.6) is 0 Å². The van der Waals surface area contributed by atoms with E-state index in [1.807, 2.05) is 0 Å². The lowest BCUT2D eigenvalue weighted by molar-refractivity contribution is -0.137. The van der Waals surface area contributed by atoms with Gasteiger partial charge in [0.25, 0.3) is 11.8 Å². The minimum Gasteiger partial charge on any atom is -0.275 e. The van der Waals surface area contributed by atoms with Gasteiger partial charge in [0.05, 0.1) is 0 Å². The van der Waals surface area contributed by atoms with Crippen molar-refractivity contribution < 1.29 is 9.59 Å². The van der Waals surface area contributed by atoms with E-state index in [4.69, 9.17) is 0 Å². The molecule has 1 saturated carbocycles. The highest BCUT2D eigenvalue weighted by Gasteiger charge is 2.29. The topological polar surface area (TPSA) is 37.4 Å². The maximum atomic E-state index is 11.7. The van der Waals surface area contributed by atoms with Crippen molar-refractivity contribution in [1.29, 1.82) is 0 Å². The summed E-state index contributed by atoms with van der Waals surface area (Å²) in [6, 6.07) is 0. The number of imide groups is 1. The maximum Gasteiger partial charge on any atom is 0.256 e. The van der Waals surface area contributed by atoms with Crippen LogP contribution in [0.25, 0.3) is 0 Å². The number of carbonyl (C=O) groups excluding carboxylic acids is 2. The van der Waals surface area contributed by atoms with Crippen molar-refractivity contribution in [1.82, 2.24) is 4.90 Å². The zero-order valence-corrected chi connectivity index (χ0v) is 10.7. The molecule has 0 spiro atoms. The van der Waals surface area contributed by atoms with Crippen molar-refractivity contribution >= 4 is 11.8 Å². The largest absolute Gasteiger partial charge is 0.275 e. The van der Waals surface area contributed by atoms with Crippen LogP contribution in [0.15, 0.2) is 11.6 Å². The predicted octanol–water partition coefficient (Wildman–Crippen LogP) is 2.52. The van der Waals surface area contributed by atoms with E-state index in [0.29, 0.717) is 18.0 Å². The zero-order chi connectivity index (χ0) is 12.4. The van der Waals surface area contributed by atoms with Gasteiger partial charge in [0.2, 0.25) is 0 Å². The fraction of sp³-hybridized carbons (Fsp3) is 0.714. The molecule has 0 N–H and O–H groups in total. The third-order valence-corrected chi connectivity index (χ3v) is 4.08. The van der Waals surface area contributed by atoms with E-state index >= 15 is 0 Å². The minimum absolute atomic E-state index is 0.0980. The molecule has 0 unspecified atom stereocenters. The molecule has 1 heterocycles. The molecule has 0 aromatic heterocycles. The van der Waals surface area contributed by atoms with Gasteiger partial charge in [-0.1, -0.05) is 32.6 Å². The Morgan fingerprint density at radius 2 is 1.88 bits per heavy atom. The van der Waals surface area contributed by atoms with E-state index < -0.39 is 0 Å². The van der Waals surface area contributed by atoms with Gasteiger partial charge in [-0.15, -0.1) is 0 Å². The Morgan fingerprint density at radius 3 is 2.41 bits per heavy atom. The second-order valence-electron chi connectivity index (χ2n) is 5.54. The van der Waals surface area contributed by atoms with Crippen LogP contribution >= 0.6 is 0 Å². The molecule has 0 aromatic rings. The molecule has 0 radical (unpaired) electrons. The molecule has 2 amide bonds. The number of hydrogen-bond donors (Lipinski definition) is 0. The van der Waals surface area contributed by atoms with Gasteiger partial charge in [0, 0.05) is 18.2 Å². The Balaban J connectivity index is 1.79. The van der Waals surface area contributed by atoms with E-state index in [1.165, 1.54) is 36.7 Å². The maximum absolute atomic E-state index is 11.7. The fourth-order valence-electron chi connectivity index (χ4n) is 2.78. The van der Waals surface area contributed by atoms with E-state index in [2.05, 4.69) is 6.92 Å². The Labute approximate surface area is 103 Å². The molecule has 17 heavy (non-hydrogen) atoms. The van der Waals surface area contributed by atoms with Crippen LogP contribution in [0.2, 0.25) is 0 Å². The van der Waals surface area contributed by atoms with Gasteiger partial charge in [0.15, 0.2) is 0 Å². The Bertz CT molecular complexity index is 351. The number of carbonyl (C=O) groups is 2. The van der Waals surface area contributed by atoms with E-state index in [-0.39, 0.29) is 11.8 Å². The summed E-state index contributed by atoms with van der Waals surface area (Å²) < 4.78 is 0. The molecule has 0 bridgehead atoms. The van der Waals surface area contributed by atoms with Crippen LogP contribution in [0.1, 0.15) is 46.0 Å². The molecule has 1 aliphatic heterocycles. The Kier molecular flexibility index (Phi) is 3.65. The average Bonchev–Trinajstić information content (AvgIpc) is 2.54. The highest BCUT2D eigenvalue weighted by atomic mass is 16.2. The Morgan fingerprint density at radius 1 is 1.24 bits per heavy atom. The number of hydrogen-bond acceptors (Lipinski definition) is 2. The van der Waals surface area contributed by atoms with Gasteiger partial charge in [-0.2, -0.15) is 0 Å². The monoisotopic (exact) mass is 235 g/mol. The van der Waals surface area contributed by atoms with Crippen molar-refractivity contribution in [3.63, 3.8) is 0 Å². The molecular formula is C14H21NO2. The quantitative estimate of drug-likeness (QED) is 0.705. The molecule has 3 nitrogen and oxygen atoms in total. The summed E-state index contributed by atoms with van der Waals surface area (Å²) in [6.07, 6.45) is 7.53. The van der Waals surface area contributed by atoms with Gasteiger partial charge in [-0.05, 0) is 25.2 Å². The summed E-state index contributed by atoms with van der Waals surface area (Å²) in [5.74, 6) is 1.33. The first-order valence-electron chi connectivity index (χ1n) is 6.62. The van der Waals surface area contributed by atoms with E-state index in [1.54, 1.807) is 6.92 Å². The van der Waals surface area contributed by atoms with Crippen LogP contribution < -0.4 is 0 Å². The first-order valence-corrected chi connectivity index (χ1v) is 6.62. The van der Waals surface area contributed by atoms with Crippen LogP contribution in [0, 0.1) is 11.8 Å². The van der Waals surface area contributed by atoms with Gasteiger partial charge >= 0.3 is 0 Å². The molecule has 94 valence electrons. The van der Waals surface area contributed by atoms with Crippen LogP contribution in [-0.4, -0.2) is 23.3 Å². The molecule has 0 aromatic carbocycles. The standard InChI is InChI=1S/C14H21NO2/c1-10-3-5-12(6-4-10)7-8-15-13(16)9-11(2)14(15)17/h9-10,12H,3-8H2,1-2H3. The third kappa shape index (κ3) is 2.76. The molecular weight excluding hydrogens is 214 g/mol. The normalized spacial score (nSPS) is 29.8. The summed E-state index contributed by atoms with van der Waals surface area (Å²) in [7, 11) is 0. The van der Waals surface area contributed by atoms with Crippen LogP contribution in [0.3, 0.4) is 0 Å². The van der Waals surface area contributed by atoms with Gasteiger partial charge in [0.1, 0.15) is 0 Å². The highest BCUT2D eigenvalue weighted by Crippen LogP contribution is 2.30. The van der Waals surface area contributed by atoms with Crippen molar-refractivity contribution in [3.8, 4) is 0 Å². The van der Waals surface area contributed by atoms with Crippen molar-refractivity contribution in [2.45, 2.75) is 46.0 Å². The number of nitrogens with zero attached hydrogens (tertiary/aromatic N) is 1. The SMILES string of the molecule is CC1=CC(=O)N(CCC2CCC(C)CC2)C1=O. The van der Waals surface area contributed by atoms with Crippen LogP contribution in [0.4, 0.5) is 0 Å². The lowest BCUT2D eigenvalue weighted by Crippen LogP contribution is -2.33. The zero-order valence-electron chi connectivity index (χ0n) is 10.7. The lowest BCUT2D eigenvalue weighted by atomic mass is 9.81. The first-order chi connectivity index (χ1) is 8.08. The van der Waals surface area contributed by atoms with Gasteiger partial charge in [-0.25, -0.2) is 0 Å².